The molecule has 0 unspecified atom stereocenters. The Bertz CT molecular complexity index is 1380. The lowest BCUT2D eigenvalue weighted by molar-refractivity contribution is 0.0236. The summed E-state index contributed by atoms with van der Waals surface area (Å²) >= 11 is 7.22. The average molecular weight is 632 g/mol. The lowest BCUT2D eigenvalue weighted by atomic mass is 9.75. The minimum Gasteiger partial charge on any atom is -0.507 e. The van der Waals surface area contributed by atoms with E-state index in [0.717, 1.165) is 20.1 Å². The zero-order chi connectivity index (χ0) is 27.2. The highest BCUT2D eigenvalue weighted by atomic mass is 79.9. The van der Waals surface area contributed by atoms with Crippen LogP contribution in [-0.4, -0.2) is 27.3 Å². The topological polar surface area (TPSA) is 104 Å². The molecule has 1 heterocycles. The van der Waals surface area contributed by atoms with Crippen LogP contribution in [-0.2, 0) is 36.0 Å². The van der Waals surface area contributed by atoms with Crippen LogP contribution in [0.2, 0.25) is 0 Å². The number of carboxylic acids is 1. The summed E-state index contributed by atoms with van der Waals surface area (Å²) in [6, 6.07) is 8.07. The molecule has 0 fully saturated rings. The number of aromatic hydroxyl groups is 2. The van der Waals surface area contributed by atoms with E-state index in [1.54, 1.807) is 24.3 Å². The van der Waals surface area contributed by atoms with E-state index in [1.165, 1.54) is 6.07 Å². The number of cyclic esters (lactones) is 1. The number of carboxylic acid groups (broad SMARTS) is 1. The molecule has 0 amide bonds. The number of hydrogen-bond donors (Lipinski definition) is 3. The molecule has 0 atom stereocenters. The molecule has 0 radical (unpaired) electrons. The largest absolute Gasteiger partial charge is 0.507 e. The molecule has 8 heteroatoms. The van der Waals surface area contributed by atoms with Gasteiger partial charge in [-0.3, -0.25) is 0 Å². The number of ether oxygens (including phenoxy) is 1. The molecule has 194 valence electrons. The van der Waals surface area contributed by atoms with Crippen LogP contribution in [0.15, 0.2) is 39.3 Å². The van der Waals surface area contributed by atoms with E-state index in [2.05, 4.69) is 31.9 Å². The third kappa shape index (κ3) is 3.96. The van der Waals surface area contributed by atoms with Crippen LogP contribution in [0.5, 0.6) is 11.5 Å². The van der Waals surface area contributed by atoms with Crippen molar-refractivity contribution in [2.75, 3.05) is 0 Å². The van der Waals surface area contributed by atoms with Crippen LogP contribution >= 0.6 is 31.9 Å². The first-order valence-corrected chi connectivity index (χ1v) is 13.8. The summed E-state index contributed by atoms with van der Waals surface area (Å²) in [6.45, 7) is 7.78. The quantitative estimate of drug-likeness (QED) is 0.242. The Morgan fingerprint density at radius 1 is 0.838 bits per heavy atom. The second kappa shape index (κ2) is 10.1. The second-order valence-corrected chi connectivity index (χ2v) is 10.6. The van der Waals surface area contributed by atoms with Gasteiger partial charge in [0.15, 0.2) is 5.60 Å². The van der Waals surface area contributed by atoms with Crippen molar-refractivity contribution in [2.45, 2.75) is 59.0 Å². The molecule has 0 bridgehead atoms. The third-order valence-electron chi connectivity index (χ3n) is 7.16. The van der Waals surface area contributed by atoms with E-state index in [0.29, 0.717) is 36.8 Å². The Hall–Kier alpha value is -2.84. The van der Waals surface area contributed by atoms with Crippen LogP contribution in [0.4, 0.5) is 0 Å². The fourth-order valence-corrected chi connectivity index (χ4v) is 6.99. The van der Waals surface area contributed by atoms with E-state index >= 15 is 0 Å². The molecule has 4 rings (SSSR count). The molecule has 0 saturated heterocycles. The minimum absolute atomic E-state index is 0.0774. The van der Waals surface area contributed by atoms with Gasteiger partial charge < -0.3 is 20.1 Å². The van der Waals surface area contributed by atoms with Crippen molar-refractivity contribution in [1.82, 2.24) is 0 Å². The monoisotopic (exact) mass is 630 g/mol. The molecule has 3 aromatic rings. The molecule has 0 aromatic heterocycles. The zero-order valence-corrected chi connectivity index (χ0v) is 24.2. The Morgan fingerprint density at radius 3 is 1.73 bits per heavy atom. The Balaban J connectivity index is 2.27. The van der Waals surface area contributed by atoms with Crippen molar-refractivity contribution in [3.05, 3.63) is 89.3 Å². The summed E-state index contributed by atoms with van der Waals surface area (Å²) < 4.78 is 7.70. The number of fused-ring (bicyclic) bond motifs is 1. The summed E-state index contributed by atoms with van der Waals surface area (Å²) in [5.41, 5.74) is 1.79. The van der Waals surface area contributed by atoms with Gasteiger partial charge in [-0.1, -0.05) is 71.7 Å². The Kier molecular flexibility index (Phi) is 7.45. The highest BCUT2D eigenvalue weighted by Crippen LogP contribution is 2.55. The second-order valence-electron chi connectivity index (χ2n) is 8.97. The van der Waals surface area contributed by atoms with Crippen LogP contribution in [0.3, 0.4) is 0 Å². The molecule has 1 aliphatic heterocycles. The number of phenolic OH excluding ortho intramolecular Hbond substituents is 2. The molecule has 1 aliphatic rings. The number of halogens is 2. The summed E-state index contributed by atoms with van der Waals surface area (Å²) in [5, 5.41) is 33.1. The van der Waals surface area contributed by atoms with E-state index in [-0.39, 0.29) is 39.3 Å². The van der Waals surface area contributed by atoms with Gasteiger partial charge >= 0.3 is 11.9 Å². The SMILES string of the molecule is CCc1cc(C2(c3cc(CC)c(Br)c(CC)c3O)OC(=O)c3c(C(=O)O)cccc32)c(O)c(CC)c1Br. The maximum atomic E-state index is 13.5. The number of aryl methyl sites for hydroxylation is 2. The maximum Gasteiger partial charge on any atom is 0.341 e. The lowest BCUT2D eigenvalue weighted by Gasteiger charge is -2.34. The van der Waals surface area contributed by atoms with Crippen molar-refractivity contribution >= 4 is 43.8 Å². The van der Waals surface area contributed by atoms with Gasteiger partial charge in [-0.15, -0.1) is 0 Å². The van der Waals surface area contributed by atoms with Gasteiger partial charge in [0.25, 0.3) is 0 Å². The van der Waals surface area contributed by atoms with Gasteiger partial charge in [0.1, 0.15) is 11.5 Å². The Labute approximate surface area is 232 Å². The summed E-state index contributed by atoms with van der Waals surface area (Å²) in [7, 11) is 0. The van der Waals surface area contributed by atoms with Crippen molar-refractivity contribution in [1.29, 1.82) is 0 Å². The normalized spacial score (nSPS) is 13.9. The summed E-state index contributed by atoms with van der Waals surface area (Å²) in [4.78, 5) is 25.6. The molecule has 37 heavy (non-hydrogen) atoms. The van der Waals surface area contributed by atoms with Crippen LogP contribution in [0.25, 0.3) is 0 Å². The molecule has 0 aliphatic carbocycles. The van der Waals surface area contributed by atoms with Crippen molar-refractivity contribution < 1.29 is 29.6 Å². The number of rotatable bonds is 7. The molecule has 3 N–H and O–H groups in total. The number of esters is 1. The van der Waals surface area contributed by atoms with Gasteiger partial charge in [0, 0.05) is 36.8 Å². The average Bonchev–Trinajstić information content (AvgIpc) is 3.18. The van der Waals surface area contributed by atoms with E-state index in [4.69, 9.17) is 4.74 Å². The van der Waals surface area contributed by atoms with Crippen molar-refractivity contribution in [3.63, 3.8) is 0 Å². The number of carbonyl (C=O) groups excluding carboxylic acids is 1. The predicted octanol–water partition coefficient (Wildman–Crippen LogP) is 7.03. The van der Waals surface area contributed by atoms with Gasteiger partial charge in [-0.25, -0.2) is 9.59 Å². The van der Waals surface area contributed by atoms with E-state index in [9.17, 15) is 24.9 Å². The van der Waals surface area contributed by atoms with Crippen LogP contribution < -0.4 is 0 Å². The molecular weight excluding hydrogens is 604 g/mol. The molecule has 3 aromatic carbocycles. The molecule has 0 saturated carbocycles. The fourth-order valence-electron chi connectivity index (χ4n) is 5.26. The van der Waals surface area contributed by atoms with Gasteiger partial charge in [-0.05, 0) is 55.0 Å². The van der Waals surface area contributed by atoms with Crippen LogP contribution in [0, 0.1) is 0 Å². The minimum atomic E-state index is -1.77. The number of phenols is 2. The molecule has 0 spiro atoms. The third-order valence-corrected chi connectivity index (χ3v) is 9.14. The molecule has 6 nitrogen and oxygen atoms in total. The predicted molar refractivity (Wildman–Crippen MR) is 148 cm³/mol. The number of hydrogen-bond acceptors (Lipinski definition) is 5. The van der Waals surface area contributed by atoms with Gasteiger partial charge in [0.2, 0.25) is 0 Å². The smallest absolute Gasteiger partial charge is 0.341 e. The number of aromatic carboxylic acids is 1. The zero-order valence-electron chi connectivity index (χ0n) is 21.0. The van der Waals surface area contributed by atoms with E-state index < -0.39 is 17.5 Å². The first kappa shape index (κ1) is 27.2. The fraction of sp³-hybridized carbons (Fsp3) is 0.310. The number of carbonyl (C=O) groups is 2. The van der Waals surface area contributed by atoms with Crippen molar-refractivity contribution in [3.8, 4) is 11.5 Å². The van der Waals surface area contributed by atoms with Gasteiger partial charge in [-0.2, -0.15) is 0 Å². The first-order chi connectivity index (χ1) is 17.6. The maximum absolute atomic E-state index is 13.5. The van der Waals surface area contributed by atoms with Crippen molar-refractivity contribution in [2.24, 2.45) is 0 Å². The van der Waals surface area contributed by atoms with E-state index in [1.807, 2.05) is 27.7 Å². The first-order valence-electron chi connectivity index (χ1n) is 12.3. The summed E-state index contributed by atoms with van der Waals surface area (Å²) in [6.07, 6.45) is 2.23. The number of benzene rings is 3. The van der Waals surface area contributed by atoms with Crippen LogP contribution in [0.1, 0.15) is 87.4 Å². The summed E-state index contributed by atoms with van der Waals surface area (Å²) in [5.74, 6) is -2.25. The highest BCUT2D eigenvalue weighted by molar-refractivity contribution is 9.10. The van der Waals surface area contributed by atoms with Gasteiger partial charge in [0.05, 0.1) is 11.1 Å². The Morgan fingerprint density at radius 2 is 1.32 bits per heavy atom. The molecular formula is C29H28Br2O6. The lowest BCUT2D eigenvalue weighted by Crippen LogP contribution is -2.31. The highest BCUT2D eigenvalue weighted by Gasteiger charge is 2.53. The standard InChI is InChI=1S/C29H28Br2O6/c1-5-14-12-20(25(32)16(7-3)23(14)30)29(21-13-15(6-2)24(31)17(8-4)26(21)33)19-11-9-10-18(27(34)35)22(19)28(36)37-29/h9-13,32-33H,5-8H2,1-4H3,(H,34,35).